The van der Waals surface area contributed by atoms with Crippen LogP contribution in [-0.2, 0) is 13.0 Å². The van der Waals surface area contributed by atoms with Gasteiger partial charge >= 0.3 is 0 Å². The first-order valence-corrected chi connectivity index (χ1v) is 8.52. The van der Waals surface area contributed by atoms with Gasteiger partial charge in [0.25, 0.3) is 5.91 Å². The average Bonchev–Trinajstić information content (AvgIpc) is 2.90. The molecule has 2 aromatic rings. The van der Waals surface area contributed by atoms with Gasteiger partial charge in [-0.3, -0.25) is 9.69 Å². The van der Waals surface area contributed by atoms with Crippen molar-refractivity contribution in [3.8, 4) is 5.75 Å². The number of nitrogens with two attached hydrogens (primary N) is 1. The molecule has 1 aromatic carbocycles. The number of carbonyl (C=O) groups excluding carboxylic acids is 1. The standard InChI is InChI=1S/C17H21N3O2S/c1-3-20-9-8-11-14(10-20)23-16(18)15(11)17(21)19-12-6-4-5-7-13(12)22-2/h4-7H,3,8-10,18H2,1-2H3,(H,19,21). The number of carbonyl (C=O) groups is 1. The molecular weight excluding hydrogens is 310 g/mol. The van der Waals surface area contributed by atoms with Gasteiger partial charge in [0.15, 0.2) is 0 Å². The quantitative estimate of drug-likeness (QED) is 0.904. The Kier molecular flexibility index (Phi) is 4.54. The van der Waals surface area contributed by atoms with E-state index >= 15 is 0 Å². The lowest BCUT2D eigenvalue weighted by Crippen LogP contribution is -2.30. The zero-order valence-electron chi connectivity index (χ0n) is 13.4. The third-order valence-corrected chi connectivity index (χ3v) is 5.24. The molecule has 6 heteroatoms. The summed E-state index contributed by atoms with van der Waals surface area (Å²) in [5.41, 5.74) is 8.53. The van der Waals surface area contributed by atoms with Gasteiger partial charge in [-0.15, -0.1) is 11.3 Å². The number of para-hydroxylation sites is 2. The monoisotopic (exact) mass is 331 g/mol. The van der Waals surface area contributed by atoms with Crippen molar-refractivity contribution in [2.75, 3.05) is 31.2 Å². The first-order valence-electron chi connectivity index (χ1n) is 7.70. The predicted octanol–water partition coefficient (Wildman–Crippen LogP) is 2.97. The highest BCUT2D eigenvalue weighted by molar-refractivity contribution is 7.16. The van der Waals surface area contributed by atoms with E-state index in [1.54, 1.807) is 7.11 Å². The highest BCUT2D eigenvalue weighted by Crippen LogP contribution is 2.36. The van der Waals surface area contributed by atoms with Crippen molar-refractivity contribution in [1.82, 2.24) is 4.90 Å². The highest BCUT2D eigenvalue weighted by atomic mass is 32.1. The SMILES string of the molecule is CCN1CCc2c(sc(N)c2C(=O)Nc2ccccc2OC)C1. The minimum Gasteiger partial charge on any atom is -0.495 e. The fraction of sp³-hybridized carbons (Fsp3) is 0.353. The lowest BCUT2D eigenvalue weighted by atomic mass is 10.0. The Bertz CT molecular complexity index is 727. The molecule has 1 aliphatic heterocycles. The third-order valence-electron chi connectivity index (χ3n) is 4.19. The van der Waals surface area contributed by atoms with Crippen molar-refractivity contribution < 1.29 is 9.53 Å². The third kappa shape index (κ3) is 3.04. The molecule has 0 radical (unpaired) electrons. The minimum atomic E-state index is -0.158. The molecule has 0 atom stereocenters. The van der Waals surface area contributed by atoms with Crippen molar-refractivity contribution in [1.29, 1.82) is 0 Å². The van der Waals surface area contributed by atoms with E-state index < -0.39 is 0 Å². The summed E-state index contributed by atoms with van der Waals surface area (Å²) in [4.78, 5) is 16.3. The zero-order chi connectivity index (χ0) is 16.4. The molecule has 0 bridgehead atoms. The van der Waals surface area contributed by atoms with Crippen LogP contribution in [0.3, 0.4) is 0 Å². The molecule has 1 aliphatic rings. The topological polar surface area (TPSA) is 67.6 Å². The molecule has 23 heavy (non-hydrogen) atoms. The van der Waals surface area contributed by atoms with Crippen LogP contribution in [0.15, 0.2) is 24.3 Å². The van der Waals surface area contributed by atoms with Gasteiger partial charge in [0.2, 0.25) is 0 Å². The fourth-order valence-electron chi connectivity index (χ4n) is 2.93. The smallest absolute Gasteiger partial charge is 0.259 e. The molecule has 0 spiro atoms. The number of likely N-dealkylation sites (N-methyl/N-ethyl adjacent to an activating group) is 1. The molecule has 5 nitrogen and oxygen atoms in total. The second-order valence-corrected chi connectivity index (χ2v) is 6.65. The summed E-state index contributed by atoms with van der Waals surface area (Å²) in [6.07, 6.45) is 0.867. The van der Waals surface area contributed by atoms with Crippen molar-refractivity contribution in [2.24, 2.45) is 0 Å². The number of hydrogen-bond donors (Lipinski definition) is 2. The van der Waals surface area contributed by atoms with Crippen LogP contribution in [0.25, 0.3) is 0 Å². The van der Waals surface area contributed by atoms with Crippen LogP contribution >= 0.6 is 11.3 Å². The first-order chi connectivity index (χ1) is 11.1. The Morgan fingerprint density at radius 2 is 2.22 bits per heavy atom. The van der Waals surface area contributed by atoms with E-state index in [1.165, 1.54) is 16.2 Å². The molecule has 1 aromatic heterocycles. The lowest BCUT2D eigenvalue weighted by molar-refractivity contribution is 0.102. The molecular formula is C17H21N3O2S. The number of ether oxygens (including phenoxy) is 1. The molecule has 3 N–H and O–H groups in total. The van der Waals surface area contributed by atoms with Crippen molar-refractivity contribution in [3.05, 3.63) is 40.3 Å². The number of anilines is 2. The molecule has 0 unspecified atom stereocenters. The Morgan fingerprint density at radius 1 is 1.43 bits per heavy atom. The van der Waals surface area contributed by atoms with Gasteiger partial charge in [-0.25, -0.2) is 0 Å². The van der Waals surface area contributed by atoms with Crippen LogP contribution in [0.2, 0.25) is 0 Å². The van der Waals surface area contributed by atoms with Crippen LogP contribution in [0, 0.1) is 0 Å². The van der Waals surface area contributed by atoms with Crippen LogP contribution < -0.4 is 15.8 Å². The molecule has 0 saturated heterocycles. The van der Waals surface area contributed by atoms with Crippen LogP contribution in [0.5, 0.6) is 5.75 Å². The number of fused-ring (bicyclic) bond motifs is 1. The Hall–Kier alpha value is -2.05. The van der Waals surface area contributed by atoms with E-state index in [1.807, 2.05) is 24.3 Å². The number of rotatable bonds is 4. The summed E-state index contributed by atoms with van der Waals surface area (Å²) in [6.45, 7) is 5.01. The van der Waals surface area contributed by atoms with Crippen LogP contribution in [0.4, 0.5) is 10.7 Å². The summed E-state index contributed by atoms with van der Waals surface area (Å²) >= 11 is 1.53. The van der Waals surface area contributed by atoms with Crippen LogP contribution in [-0.4, -0.2) is 31.0 Å². The maximum atomic E-state index is 12.7. The summed E-state index contributed by atoms with van der Waals surface area (Å²) in [6, 6.07) is 7.38. The minimum absolute atomic E-state index is 0.158. The van der Waals surface area contributed by atoms with Gasteiger partial charge < -0.3 is 15.8 Å². The van der Waals surface area contributed by atoms with Gasteiger partial charge in [0.05, 0.1) is 23.4 Å². The number of methoxy groups -OCH3 is 1. The second kappa shape index (κ2) is 6.60. The van der Waals surface area contributed by atoms with E-state index in [-0.39, 0.29) is 5.91 Å². The van der Waals surface area contributed by atoms with Crippen molar-refractivity contribution in [3.63, 3.8) is 0 Å². The fourth-order valence-corrected chi connectivity index (χ4v) is 4.09. The number of hydrogen-bond acceptors (Lipinski definition) is 5. The normalized spacial score (nSPS) is 14.3. The predicted molar refractivity (Wildman–Crippen MR) is 94.3 cm³/mol. The average molecular weight is 331 g/mol. The van der Waals surface area contributed by atoms with E-state index in [0.717, 1.165) is 31.6 Å². The van der Waals surface area contributed by atoms with E-state index in [9.17, 15) is 4.79 Å². The van der Waals surface area contributed by atoms with Crippen LogP contribution in [0.1, 0.15) is 27.7 Å². The maximum Gasteiger partial charge on any atom is 0.259 e. The van der Waals surface area contributed by atoms with Gasteiger partial charge in [0, 0.05) is 18.0 Å². The Labute approximate surface area is 140 Å². The summed E-state index contributed by atoms with van der Waals surface area (Å²) in [5, 5.41) is 3.53. The first kappa shape index (κ1) is 15.8. The van der Waals surface area contributed by atoms with Gasteiger partial charge in [-0.1, -0.05) is 19.1 Å². The number of nitrogens with one attached hydrogen (secondary N) is 1. The largest absolute Gasteiger partial charge is 0.495 e. The summed E-state index contributed by atoms with van der Waals surface area (Å²) in [5.74, 6) is 0.482. The maximum absolute atomic E-state index is 12.7. The summed E-state index contributed by atoms with van der Waals surface area (Å²) < 4.78 is 5.29. The van der Waals surface area contributed by atoms with Gasteiger partial charge in [-0.05, 0) is 30.7 Å². The molecule has 122 valence electrons. The second-order valence-electron chi connectivity index (χ2n) is 5.52. The van der Waals surface area contributed by atoms with E-state index in [4.69, 9.17) is 10.5 Å². The zero-order valence-corrected chi connectivity index (χ0v) is 14.2. The van der Waals surface area contributed by atoms with Gasteiger partial charge in [-0.2, -0.15) is 0 Å². The molecule has 3 rings (SSSR count). The van der Waals surface area contributed by atoms with E-state index in [2.05, 4.69) is 17.1 Å². The van der Waals surface area contributed by atoms with Crippen molar-refractivity contribution in [2.45, 2.75) is 19.9 Å². The highest BCUT2D eigenvalue weighted by Gasteiger charge is 2.26. The molecule has 1 amide bonds. The number of benzene rings is 1. The molecule has 0 fully saturated rings. The van der Waals surface area contributed by atoms with E-state index in [0.29, 0.717) is 22.0 Å². The lowest BCUT2D eigenvalue weighted by Gasteiger charge is -2.25. The number of thiophene rings is 1. The number of nitrogens with zero attached hydrogens (tertiary/aromatic N) is 1. The summed E-state index contributed by atoms with van der Waals surface area (Å²) in [7, 11) is 1.59. The van der Waals surface area contributed by atoms with Crippen molar-refractivity contribution >= 4 is 27.9 Å². The number of amides is 1. The molecule has 2 heterocycles. The Balaban J connectivity index is 1.87. The molecule has 0 saturated carbocycles. The molecule has 0 aliphatic carbocycles. The number of nitrogen functional groups attached to an aromatic ring is 1. The Morgan fingerprint density at radius 3 is 2.96 bits per heavy atom. The van der Waals surface area contributed by atoms with Gasteiger partial charge in [0.1, 0.15) is 5.75 Å².